The van der Waals surface area contributed by atoms with Gasteiger partial charge in [-0.15, -0.1) is 24.8 Å². The van der Waals surface area contributed by atoms with E-state index in [9.17, 15) is 4.21 Å². The lowest BCUT2D eigenvalue weighted by atomic mass is 9.95. The third kappa shape index (κ3) is 4.24. The second kappa shape index (κ2) is 7.14. The highest BCUT2D eigenvalue weighted by atomic mass is 35.5. The largest absolute Gasteiger partial charge is 0.372 e. The number of hydrogen-bond donors (Lipinski definition) is 1. The molecular weight excluding hydrogens is 283 g/mol. The van der Waals surface area contributed by atoms with Crippen molar-refractivity contribution >= 4 is 34.5 Å². The lowest BCUT2D eigenvalue weighted by Gasteiger charge is -2.41. The number of rotatable bonds is 1. The van der Waals surface area contributed by atoms with Crippen LogP contribution in [0.5, 0.6) is 0 Å². The molecule has 0 unspecified atom stereocenters. The number of halogens is 2. The maximum Gasteiger partial charge on any atom is 0.0825 e. The Balaban J connectivity index is 0.00000128. The first-order valence-electron chi connectivity index (χ1n) is 5.71. The van der Waals surface area contributed by atoms with Crippen LogP contribution in [0.1, 0.15) is 19.8 Å². The van der Waals surface area contributed by atoms with Gasteiger partial charge in [0, 0.05) is 40.9 Å². The Bertz CT molecular complexity index is 321. The fourth-order valence-corrected chi connectivity index (χ4v) is 4.63. The van der Waals surface area contributed by atoms with Crippen LogP contribution in [-0.2, 0) is 14.5 Å². The van der Waals surface area contributed by atoms with Crippen LogP contribution in [0.2, 0.25) is 0 Å². The summed E-state index contributed by atoms with van der Waals surface area (Å²) in [7, 11) is -1.90. The van der Waals surface area contributed by atoms with Gasteiger partial charge < -0.3 is 10.1 Å². The number of hydrogen-bond acceptors (Lipinski definition) is 4. The van der Waals surface area contributed by atoms with Crippen molar-refractivity contribution in [2.75, 3.05) is 37.7 Å². The summed E-state index contributed by atoms with van der Waals surface area (Å²) in [6.07, 6.45) is 1.78. The van der Waals surface area contributed by atoms with E-state index >= 15 is 0 Å². The monoisotopic (exact) mass is 304 g/mol. The molecule has 2 rings (SSSR count). The van der Waals surface area contributed by atoms with Gasteiger partial charge in [-0.25, -0.2) is 8.57 Å². The van der Waals surface area contributed by atoms with Crippen LogP contribution in [-0.4, -0.2) is 47.6 Å². The second-order valence-electron chi connectivity index (χ2n) is 4.33. The van der Waals surface area contributed by atoms with Crippen LogP contribution in [0, 0.1) is 0 Å². The standard InChI is InChI=1S/C10H20N2O2S.2ClH/c1-2-12-15(13)7-3-10(4-8-15)9-11-5-6-14-10;;/h11H,2-9H2,1H3;2*1H. The minimum atomic E-state index is -1.90. The van der Waals surface area contributed by atoms with E-state index in [-0.39, 0.29) is 30.4 Å². The molecule has 0 amide bonds. The number of nitrogens with zero attached hydrogens (tertiary/aromatic N) is 1. The minimum absolute atomic E-state index is 0. The molecule has 0 atom stereocenters. The molecule has 2 saturated heterocycles. The lowest BCUT2D eigenvalue weighted by Crippen LogP contribution is -2.53. The Hall–Kier alpha value is 0.450. The SMILES string of the molecule is CCN=S1(=O)CCC2(CC1)CNCCO2.Cl.Cl. The van der Waals surface area contributed by atoms with Crippen molar-refractivity contribution in [3.05, 3.63) is 0 Å². The molecular formula is C10H22Cl2N2O2S. The van der Waals surface area contributed by atoms with Crippen molar-refractivity contribution in [1.29, 1.82) is 0 Å². The first-order valence-corrected chi connectivity index (χ1v) is 7.56. The molecule has 17 heavy (non-hydrogen) atoms. The normalized spacial score (nSPS) is 36.8. The van der Waals surface area contributed by atoms with E-state index in [1.807, 2.05) is 6.92 Å². The quantitative estimate of drug-likeness (QED) is 0.798. The molecule has 2 heterocycles. The first kappa shape index (κ1) is 17.4. The first-order chi connectivity index (χ1) is 7.18. The molecule has 0 aromatic heterocycles. The zero-order valence-corrected chi connectivity index (χ0v) is 12.6. The predicted molar refractivity (Wildman–Crippen MR) is 76.1 cm³/mol. The van der Waals surface area contributed by atoms with E-state index in [4.69, 9.17) is 4.74 Å². The Morgan fingerprint density at radius 1 is 1.35 bits per heavy atom. The van der Waals surface area contributed by atoms with Gasteiger partial charge in [0.25, 0.3) is 0 Å². The predicted octanol–water partition coefficient (Wildman–Crippen LogP) is 1.47. The molecule has 0 aromatic carbocycles. The molecule has 0 radical (unpaired) electrons. The average Bonchev–Trinajstić information content (AvgIpc) is 2.25. The summed E-state index contributed by atoms with van der Waals surface area (Å²) in [4.78, 5) is 0. The Kier molecular flexibility index (Phi) is 7.33. The number of nitrogens with one attached hydrogen (secondary N) is 1. The summed E-state index contributed by atoms with van der Waals surface area (Å²) in [6, 6.07) is 0. The lowest BCUT2D eigenvalue weighted by molar-refractivity contribution is -0.0712. The molecule has 0 aliphatic carbocycles. The summed E-state index contributed by atoms with van der Waals surface area (Å²) >= 11 is 0. The van der Waals surface area contributed by atoms with Crippen molar-refractivity contribution in [3.63, 3.8) is 0 Å². The van der Waals surface area contributed by atoms with Gasteiger partial charge in [0.15, 0.2) is 0 Å². The van der Waals surface area contributed by atoms with Gasteiger partial charge in [0.2, 0.25) is 0 Å². The van der Waals surface area contributed by atoms with Gasteiger partial charge in [-0.3, -0.25) is 0 Å². The van der Waals surface area contributed by atoms with E-state index in [0.29, 0.717) is 18.1 Å². The minimum Gasteiger partial charge on any atom is -0.372 e. The second-order valence-corrected chi connectivity index (χ2v) is 6.95. The maximum atomic E-state index is 12.2. The smallest absolute Gasteiger partial charge is 0.0825 e. The van der Waals surface area contributed by atoms with Gasteiger partial charge in [0.1, 0.15) is 0 Å². The van der Waals surface area contributed by atoms with E-state index in [1.165, 1.54) is 0 Å². The fraction of sp³-hybridized carbons (Fsp3) is 1.00. The zero-order valence-electron chi connectivity index (χ0n) is 10.1. The van der Waals surface area contributed by atoms with Crippen LogP contribution >= 0.6 is 24.8 Å². The highest BCUT2D eigenvalue weighted by Gasteiger charge is 2.38. The molecule has 7 heteroatoms. The highest BCUT2D eigenvalue weighted by Crippen LogP contribution is 2.29. The molecule has 0 bridgehead atoms. The summed E-state index contributed by atoms with van der Waals surface area (Å²) in [5.41, 5.74) is -0.0393. The number of morpholine rings is 1. The molecule has 4 nitrogen and oxygen atoms in total. The highest BCUT2D eigenvalue weighted by molar-refractivity contribution is 7.93. The molecule has 104 valence electrons. The molecule has 1 spiro atoms. The van der Waals surface area contributed by atoms with Gasteiger partial charge in [-0.05, 0) is 19.8 Å². The Morgan fingerprint density at radius 3 is 2.47 bits per heavy atom. The third-order valence-corrected chi connectivity index (χ3v) is 5.66. The summed E-state index contributed by atoms with van der Waals surface area (Å²) in [5, 5.41) is 3.36. The van der Waals surface area contributed by atoms with E-state index < -0.39 is 9.73 Å². The Morgan fingerprint density at radius 2 is 2.00 bits per heavy atom. The maximum absolute atomic E-state index is 12.2. The van der Waals surface area contributed by atoms with Crippen molar-refractivity contribution in [1.82, 2.24) is 5.32 Å². The Labute approximate surface area is 116 Å². The van der Waals surface area contributed by atoms with Gasteiger partial charge in [-0.1, -0.05) is 0 Å². The average molecular weight is 305 g/mol. The van der Waals surface area contributed by atoms with Crippen molar-refractivity contribution in [2.45, 2.75) is 25.4 Å². The van der Waals surface area contributed by atoms with Crippen LogP contribution in [0.25, 0.3) is 0 Å². The van der Waals surface area contributed by atoms with Crippen LogP contribution < -0.4 is 5.32 Å². The van der Waals surface area contributed by atoms with Gasteiger partial charge >= 0.3 is 0 Å². The van der Waals surface area contributed by atoms with E-state index in [2.05, 4.69) is 9.68 Å². The van der Waals surface area contributed by atoms with Crippen LogP contribution in [0.15, 0.2) is 4.36 Å². The number of ether oxygens (including phenoxy) is 1. The molecule has 2 fully saturated rings. The van der Waals surface area contributed by atoms with Crippen molar-refractivity contribution < 1.29 is 8.95 Å². The molecule has 0 saturated carbocycles. The molecule has 2 aliphatic rings. The molecule has 2 aliphatic heterocycles. The third-order valence-electron chi connectivity index (χ3n) is 3.25. The summed E-state index contributed by atoms with van der Waals surface area (Å²) in [5.74, 6) is 1.42. The van der Waals surface area contributed by atoms with Crippen LogP contribution in [0.3, 0.4) is 0 Å². The molecule has 1 N–H and O–H groups in total. The van der Waals surface area contributed by atoms with Crippen molar-refractivity contribution in [2.24, 2.45) is 4.36 Å². The van der Waals surface area contributed by atoms with Gasteiger partial charge in [-0.2, -0.15) is 0 Å². The van der Waals surface area contributed by atoms with Gasteiger partial charge in [0.05, 0.1) is 12.2 Å². The molecule has 0 aromatic rings. The van der Waals surface area contributed by atoms with Crippen molar-refractivity contribution in [3.8, 4) is 0 Å². The fourth-order valence-electron chi connectivity index (χ4n) is 2.31. The summed E-state index contributed by atoms with van der Waals surface area (Å²) in [6.45, 7) is 5.26. The van der Waals surface area contributed by atoms with Crippen LogP contribution in [0.4, 0.5) is 0 Å². The topological polar surface area (TPSA) is 50.7 Å². The van der Waals surface area contributed by atoms with E-state index in [1.54, 1.807) is 0 Å². The zero-order chi connectivity index (χ0) is 10.8. The summed E-state index contributed by atoms with van der Waals surface area (Å²) < 4.78 is 22.3. The van der Waals surface area contributed by atoms with E-state index in [0.717, 1.165) is 32.5 Å².